The molecule has 68 valence electrons. The van der Waals surface area contributed by atoms with Crippen LogP contribution in [-0.4, -0.2) is 6.29 Å². The van der Waals surface area contributed by atoms with Crippen molar-refractivity contribution < 1.29 is 18.0 Å². The second-order valence-corrected chi connectivity index (χ2v) is 2.29. The van der Waals surface area contributed by atoms with Crippen molar-refractivity contribution in [2.24, 2.45) is 0 Å². The second kappa shape index (κ2) is 3.89. The van der Waals surface area contributed by atoms with Crippen LogP contribution in [0.5, 0.6) is 0 Å². The summed E-state index contributed by atoms with van der Waals surface area (Å²) in [6.07, 6.45) is -0.237. The molecule has 0 aliphatic rings. The Hall–Kier alpha value is -1.58. The van der Waals surface area contributed by atoms with Crippen LogP contribution in [0.1, 0.15) is 5.56 Å². The number of carbonyl (C=O) groups is 1. The smallest absolute Gasteiger partial charge is 0.199 e. The lowest BCUT2D eigenvalue weighted by molar-refractivity contribution is -0.106. The summed E-state index contributed by atoms with van der Waals surface area (Å²) in [7, 11) is 0. The molecular weight excluding hydrogens is 181 g/mol. The number of aldehydes is 1. The molecule has 1 nitrogen and oxygen atoms in total. The van der Waals surface area contributed by atoms with Crippen LogP contribution in [0.3, 0.4) is 0 Å². The first kappa shape index (κ1) is 9.51. The Labute approximate surface area is 72.5 Å². The van der Waals surface area contributed by atoms with E-state index >= 15 is 0 Å². The molecule has 0 saturated heterocycles. The maximum Gasteiger partial charge on any atom is 0.199 e. The normalized spacial score (nSPS) is 12.2. The molecule has 0 aromatic heterocycles. The Morgan fingerprint density at radius 2 is 1.69 bits per heavy atom. The first-order valence-corrected chi connectivity index (χ1v) is 3.41. The fourth-order valence-electron chi connectivity index (χ4n) is 0.786. The van der Waals surface area contributed by atoms with Gasteiger partial charge in [-0.2, -0.15) is 0 Å². The second-order valence-electron chi connectivity index (χ2n) is 2.29. The molecular formula is C9H5F3O. The maximum absolute atomic E-state index is 12.8. The summed E-state index contributed by atoms with van der Waals surface area (Å²) in [6, 6.07) is 4.06. The standard InChI is InChI=1S/C9H5F3O/c10-7-3-1-6(2-4-7)9(12)8(11)5-13/h1-5H/b9-8+. The summed E-state index contributed by atoms with van der Waals surface area (Å²) in [5, 5.41) is 0. The topological polar surface area (TPSA) is 17.1 Å². The highest BCUT2D eigenvalue weighted by molar-refractivity contribution is 5.82. The fraction of sp³-hybridized carbons (Fsp3) is 0. The van der Waals surface area contributed by atoms with Gasteiger partial charge in [0.25, 0.3) is 0 Å². The van der Waals surface area contributed by atoms with Gasteiger partial charge in [0.15, 0.2) is 17.9 Å². The van der Waals surface area contributed by atoms with E-state index in [0.29, 0.717) is 0 Å². The third kappa shape index (κ3) is 2.18. The van der Waals surface area contributed by atoms with Crippen molar-refractivity contribution in [2.45, 2.75) is 0 Å². The number of carbonyl (C=O) groups excluding carboxylic acids is 1. The van der Waals surface area contributed by atoms with Gasteiger partial charge in [0.05, 0.1) is 0 Å². The molecule has 0 unspecified atom stereocenters. The van der Waals surface area contributed by atoms with Gasteiger partial charge in [0.1, 0.15) is 5.82 Å². The van der Waals surface area contributed by atoms with Gasteiger partial charge in [-0.1, -0.05) is 0 Å². The van der Waals surface area contributed by atoms with Crippen LogP contribution in [0.15, 0.2) is 30.1 Å². The van der Waals surface area contributed by atoms with Crippen molar-refractivity contribution >= 4 is 12.1 Å². The molecule has 0 bridgehead atoms. The van der Waals surface area contributed by atoms with Gasteiger partial charge in [-0.25, -0.2) is 13.2 Å². The first-order valence-electron chi connectivity index (χ1n) is 3.41. The van der Waals surface area contributed by atoms with E-state index in [1.54, 1.807) is 0 Å². The van der Waals surface area contributed by atoms with E-state index < -0.39 is 17.5 Å². The Kier molecular flexibility index (Phi) is 2.84. The predicted molar refractivity (Wildman–Crippen MR) is 41.6 cm³/mol. The van der Waals surface area contributed by atoms with Crippen molar-refractivity contribution in [3.63, 3.8) is 0 Å². The average molecular weight is 186 g/mol. The lowest BCUT2D eigenvalue weighted by Crippen LogP contribution is -1.84. The van der Waals surface area contributed by atoms with Crippen molar-refractivity contribution in [1.82, 2.24) is 0 Å². The molecule has 0 saturated carbocycles. The SMILES string of the molecule is O=C/C(F)=C(\F)c1ccc(F)cc1. The summed E-state index contributed by atoms with van der Waals surface area (Å²) in [4.78, 5) is 9.84. The summed E-state index contributed by atoms with van der Waals surface area (Å²) in [6.45, 7) is 0. The number of rotatable bonds is 2. The van der Waals surface area contributed by atoms with Crippen LogP contribution in [0.4, 0.5) is 13.2 Å². The van der Waals surface area contributed by atoms with Crippen LogP contribution in [-0.2, 0) is 4.79 Å². The van der Waals surface area contributed by atoms with Gasteiger partial charge in [0.2, 0.25) is 0 Å². The minimum Gasteiger partial charge on any atom is -0.295 e. The van der Waals surface area contributed by atoms with Crippen molar-refractivity contribution in [1.29, 1.82) is 0 Å². The summed E-state index contributed by atoms with van der Waals surface area (Å²) in [5.41, 5.74) is -0.161. The van der Waals surface area contributed by atoms with E-state index in [-0.39, 0.29) is 11.8 Å². The Morgan fingerprint density at radius 3 is 2.15 bits per heavy atom. The summed E-state index contributed by atoms with van der Waals surface area (Å²) < 4.78 is 37.5. The molecule has 0 radical (unpaired) electrons. The highest BCUT2D eigenvalue weighted by Gasteiger charge is 2.07. The number of benzene rings is 1. The van der Waals surface area contributed by atoms with Crippen LogP contribution < -0.4 is 0 Å². The highest BCUT2D eigenvalue weighted by Crippen LogP contribution is 2.19. The molecule has 0 spiro atoms. The quantitative estimate of drug-likeness (QED) is 0.512. The zero-order valence-corrected chi connectivity index (χ0v) is 6.43. The molecule has 0 atom stereocenters. The van der Waals surface area contributed by atoms with E-state index in [0.717, 1.165) is 24.3 Å². The van der Waals surface area contributed by atoms with E-state index in [1.165, 1.54) is 0 Å². The fourth-order valence-corrected chi connectivity index (χ4v) is 0.786. The molecule has 0 amide bonds. The third-order valence-corrected chi connectivity index (χ3v) is 1.41. The van der Waals surface area contributed by atoms with Crippen molar-refractivity contribution in [2.75, 3.05) is 0 Å². The number of halogens is 3. The maximum atomic E-state index is 12.8. The Bertz CT molecular complexity index is 340. The van der Waals surface area contributed by atoms with Gasteiger partial charge >= 0.3 is 0 Å². The lowest BCUT2D eigenvalue weighted by Gasteiger charge is -1.96. The van der Waals surface area contributed by atoms with Crippen molar-refractivity contribution in [3.8, 4) is 0 Å². The molecule has 4 heteroatoms. The van der Waals surface area contributed by atoms with Crippen LogP contribution in [0.25, 0.3) is 5.83 Å². The predicted octanol–water partition coefficient (Wildman–Crippen LogP) is 2.63. The monoisotopic (exact) mass is 186 g/mol. The zero-order valence-electron chi connectivity index (χ0n) is 6.43. The molecule has 1 rings (SSSR count). The van der Waals surface area contributed by atoms with E-state index in [1.807, 2.05) is 0 Å². The Morgan fingerprint density at radius 1 is 1.15 bits per heavy atom. The molecule has 1 aromatic rings. The van der Waals surface area contributed by atoms with Gasteiger partial charge in [-0.3, -0.25) is 4.79 Å². The zero-order chi connectivity index (χ0) is 9.84. The van der Waals surface area contributed by atoms with Gasteiger partial charge in [-0.15, -0.1) is 0 Å². The van der Waals surface area contributed by atoms with Crippen molar-refractivity contribution in [3.05, 3.63) is 41.5 Å². The number of hydrogen-bond donors (Lipinski definition) is 0. The van der Waals surface area contributed by atoms with Crippen LogP contribution in [0, 0.1) is 5.82 Å². The van der Waals surface area contributed by atoms with E-state index in [9.17, 15) is 18.0 Å². The molecule has 0 aliphatic carbocycles. The highest BCUT2D eigenvalue weighted by atomic mass is 19.2. The van der Waals surface area contributed by atoms with Gasteiger partial charge in [-0.05, 0) is 24.3 Å². The minimum absolute atomic E-state index is 0.161. The Balaban J connectivity index is 3.09. The molecule has 0 fully saturated rings. The van der Waals surface area contributed by atoms with Gasteiger partial charge in [0, 0.05) is 5.56 Å². The minimum atomic E-state index is -1.49. The third-order valence-electron chi connectivity index (χ3n) is 1.41. The van der Waals surface area contributed by atoms with Crippen LogP contribution >= 0.6 is 0 Å². The number of allylic oxidation sites excluding steroid dienone is 1. The lowest BCUT2D eigenvalue weighted by atomic mass is 10.2. The number of hydrogen-bond acceptors (Lipinski definition) is 1. The summed E-state index contributed by atoms with van der Waals surface area (Å²) in [5.74, 6) is -3.33. The summed E-state index contributed by atoms with van der Waals surface area (Å²) >= 11 is 0. The molecule has 1 aromatic carbocycles. The molecule has 0 N–H and O–H groups in total. The van der Waals surface area contributed by atoms with E-state index in [2.05, 4.69) is 0 Å². The van der Waals surface area contributed by atoms with Gasteiger partial charge < -0.3 is 0 Å². The molecule has 0 heterocycles. The van der Waals surface area contributed by atoms with Crippen LogP contribution in [0.2, 0.25) is 0 Å². The largest absolute Gasteiger partial charge is 0.295 e. The molecule has 0 aliphatic heterocycles. The first-order chi connectivity index (χ1) is 6.15. The van der Waals surface area contributed by atoms with E-state index in [4.69, 9.17) is 0 Å². The average Bonchev–Trinajstić information content (AvgIpc) is 2.17. The molecule has 13 heavy (non-hydrogen) atoms.